The fourth-order valence-electron chi connectivity index (χ4n) is 4.04. The number of ether oxygens (including phenoxy) is 2. The molecular formula is C24H31N5O3. The maximum atomic E-state index is 12.6. The van der Waals surface area contributed by atoms with Crippen LogP contribution in [0, 0.1) is 0 Å². The lowest BCUT2D eigenvalue weighted by molar-refractivity contribution is -0.142. The van der Waals surface area contributed by atoms with Gasteiger partial charge in [0.2, 0.25) is 5.88 Å². The van der Waals surface area contributed by atoms with Gasteiger partial charge in [0.15, 0.2) is 5.96 Å². The Morgan fingerprint density at radius 3 is 2.66 bits per heavy atom. The number of carbonyl (C=O) groups excluding carboxylic acids is 1. The third-order valence-corrected chi connectivity index (χ3v) is 5.81. The Kier molecular flexibility index (Phi) is 7.55. The van der Waals surface area contributed by atoms with Gasteiger partial charge in [-0.15, -0.1) is 0 Å². The van der Waals surface area contributed by atoms with E-state index in [1.807, 2.05) is 47.4 Å². The standard InChI is InChI=1S/C24H31N5O3/c1-25-24(29-14-12-28(13-15-29)23(30)21-10-6-16-31-21)27-17-20-9-5-11-26-22(20)32-18-19-7-3-2-4-8-19/h2-5,7-9,11,21H,6,10,12-18H2,1H3,(H,25,27). The van der Waals surface area contributed by atoms with E-state index in [9.17, 15) is 4.79 Å². The topological polar surface area (TPSA) is 79.3 Å². The highest BCUT2D eigenvalue weighted by Gasteiger charge is 2.30. The maximum absolute atomic E-state index is 12.6. The Bertz CT molecular complexity index is 907. The third kappa shape index (κ3) is 5.56. The second-order valence-corrected chi connectivity index (χ2v) is 7.96. The molecule has 2 saturated heterocycles. The zero-order valence-corrected chi connectivity index (χ0v) is 18.6. The first-order valence-electron chi connectivity index (χ1n) is 11.2. The predicted molar refractivity (Wildman–Crippen MR) is 122 cm³/mol. The van der Waals surface area contributed by atoms with Crippen LogP contribution in [0.2, 0.25) is 0 Å². The molecule has 1 aromatic carbocycles. The van der Waals surface area contributed by atoms with Crippen LogP contribution in [-0.4, -0.2) is 72.6 Å². The van der Waals surface area contributed by atoms with Gasteiger partial charge in [0.1, 0.15) is 12.7 Å². The summed E-state index contributed by atoms with van der Waals surface area (Å²) in [5.74, 6) is 1.55. The zero-order valence-electron chi connectivity index (χ0n) is 18.6. The van der Waals surface area contributed by atoms with E-state index >= 15 is 0 Å². The zero-order chi connectivity index (χ0) is 22.2. The molecule has 170 valence electrons. The highest BCUT2D eigenvalue weighted by Crippen LogP contribution is 2.17. The minimum atomic E-state index is -0.251. The summed E-state index contributed by atoms with van der Waals surface area (Å²) >= 11 is 0. The van der Waals surface area contributed by atoms with Crippen LogP contribution in [0.3, 0.4) is 0 Å². The molecule has 1 unspecified atom stereocenters. The molecule has 3 heterocycles. The van der Waals surface area contributed by atoms with Crippen LogP contribution in [0.5, 0.6) is 5.88 Å². The number of rotatable bonds is 6. The number of hydrogen-bond donors (Lipinski definition) is 1. The van der Waals surface area contributed by atoms with Gasteiger partial charge in [-0.25, -0.2) is 4.98 Å². The van der Waals surface area contributed by atoms with Gasteiger partial charge in [0.25, 0.3) is 5.91 Å². The molecule has 1 amide bonds. The number of aliphatic imine (C=N–C) groups is 1. The molecule has 0 aliphatic carbocycles. The Morgan fingerprint density at radius 1 is 1.16 bits per heavy atom. The number of guanidine groups is 1. The van der Waals surface area contributed by atoms with E-state index in [0.717, 1.165) is 43.0 Å². The molecule has 2 aromatic rings. The summed E-state index contributed by atoms with van der Waals surface area (Å²) in [4.78, 5) is 25.5. The van der Waals surface area contributed by atoms with E-state index in [0.29, 0.717) is 38.7 Å². The highest BCUT2D eigenvalue weighted by atomic mass is 16.5. The Morgan fingerprint density at radius 2 is 1.94 bits per heavy atom. The van der Waals surface area contributed by atoms with E-state index in [4.69, 9.17) is 9.47 Å². The van der Waals surface area contributed by atoms with Gasteiger partial charge >= 0.3 is 0 Å². The monoisotopic (exact) mass is 437 g/mol. The van der Waals surface area contributed by atoms with Crippen LogP contribution < -0.4 is 10.1 Å². The summed E-state index contributed by atoms with van der Waals surface area (Å²) in [5, 5.41) is 3.42. The van der Waals surface area contributed by atoms with E-state index in [1.54, 1.807) is 13.2 Å². The van der Waals surface area contributed by atoms with Gasteiger partial charge < -0.3 is 24.6 Å². The van der Waals surface area contributed by atoms with E-state index in [-0.39, 0.29) is 12.0 Å². The minimum absolute atomic E-state index is 0.126. The molecule has 0 spiro atoms. The van der Waals surface area contributed by atoms with Crippen molar-refractivity contribution in [2.75, 3.05) is 39.8 Å². The van der Waals surface area contributed by atoms with Crippen molar-refractivity contribution >= 4 is 11.9 Å². The lowest BCUT2D eigenvalue weighted by atomic mass is 10.2. The molecule has 1 atom stereocenters. The molecule has 2 fully saturated rings. The fourth-order valence-corrected chi connectivity index (χ4v) is 4.04. The number of carbonyl (C=O) groups is 1. The molecule has 8 nitrogen and oxygen atoms in total. The summed E-state index contributed by atoms with van der Waals surface area (Å²) in [7, 11) is 1.78. The summed E-state index contributed by atoms with van der Waals surface area (Å²) in [6, 6.07) is 14.0. The van der Waals surface area contributed by atoms with Crippen molar-refractivity contribution in [1.29, 1.82) is 0 Å². The SMILES string of the molecule is CN=C(NCc1cccnc1OCc1ccccc1)N1CCN(C(=O)C2CCCO2)CC1. The largest absolute Gasteiger partial charge is 0.473 e. The molecule has 2 aliphatic heterocycles. The number of amides is 1. The second kappa shape index (κ2) is 10.9. The van der Waals surface area contributed by atoms with Crippen LogP contribution in [0.15, 0.2) is 53.7 Å². The van der Waals surface area contributed by atoms with Crippen LogP contribution >= 0.6 is 0 Å². The number of benzene rings is 1. The Balaban J connectivity index is 1.29. The first-order valence-corrected chi connectivity index (χ1v) is 11.2. The van der Waals surface area contributed by atoms with Crippen LogP contribution in [0.1, 0.15) is 24.0 Å². The van der Waals surface area contributed by atoms with Crippen molar-refractivity contribution in [2.24, 2.45) is 4.99 Å². The van der Waals surface area contributed by atoms with Gasteiger partial charge in [0, 0.05) is 58.1 Å². The number of pyridine rings is 1. The molecule has 1 N–H and O–H groups in total. The van der Waals surface area contributed by atoms with E-state index in [1.165, 1.54) is 0 Å². The molecule has 0 saturated carbocycles. The summed E-state index contributed by atoms with van der Waals surface area (Å²) in [6.45, 7) is 4.55. The van der Waals surface area contributed by atoms with Crippen molar-refractivity contribution in [2.45, 2.75) is 32.1 Å². The molecular weight excluding hydrogens is 406 g/mol. The lowest BCUT2D eigenvalue weighted by Crippen LogP contribution is -2.55. The van der Waals surface area contributed by atoms with Crippen molar-refractivity contribution in [1.82, 2.24) is 20.1 Å². The van der Waals surface area contributed by atoms with Gasteiger partial charge in [-0.2, -0.15) is 0 Å². The quantitative estimate of drug-likeness (QED) is 0.551. The van der Waals surface area contributed by atoms with Gasteiger partial charge in [-0.3, -0.25) is 9.79 Å². The van der Waals surface area contributed by atoms with Crippen LogP contribution in [-0.2, 0) is 22.7 Å². The van der Waals surface area contributed by atoms with Gasteiger partial charge in [-0.05, 0) is 24.5 Å². The van der Waals surface area contributed by atoms with E-state index in [2.05, 4.69) is 20.2 Å². The molecule has 32 heavy (non-hydrogen) atoms. The van der Waals surface area contributed by atoms with Crippen molar-refractivity contribution < 1.29 is 14.3 Å². The van der Waals surface area contributed by atoms with Gasteiger partial charge in [-0.1, -0.05) is 36.4 Å². The smallest absolute Gasteiger partial charge is 0.251 e. The Labute approximate surface area is 189 Å². The molecule has 0 radical (unpaired) electrons. The molecule has 8 heteroatoms. The summed E-state index contributed by atoms with van der Waals surface area (Å²) in [6.07, 6.45) is 3.29. The lowest BCUT2D eigenvalue weighted by Gasteiger charge is -2.37. The first-order chi connectivity index (χ1) is 15.7. The number of aromatic nitrogens is 1. The van der Waals surface area contributed by atoms with Crippen molar-refractivity contribution in [3.63, 3.8) is 0 Å². The second-order valence-electron chi connectivity index (χ2n) is 7.96. The normalized spacial score (nSPS) is 19.2. The third-order valence-electron chi connectivity index (χ3n) is 5.81. The summed E-state index contributed by atoms with van der Waals surface area (Å²) in [5.41, 5.74) is 2.07. The van der Waals surface area contributed by atoms with Crippen molar-refractivity contribution in [3.05, 3.63) is 59.8 Å². The number of piperazine rings is 1. The molecule has 1 aromatic heterocycles. The highest BCUT2D eigenvalue weighted by molar-refractivity contribution is 5.82. The van der Waals surface area contributed by atoms with Gasteiger partial charge in [0.05, 0.1) is 0 Å². The maximum Gasteiger partial charge on any atom is 0.251 e. The molecule has 4 rings (SSSR count). The molecule has 0 bridgehead atoms. The number of hydrogen-bond acceptors (Lipinski definition) is 5. The van der Waals surface area contributed by atoms with E-state index < -0.39 is 0 Å². The summed E-state index contributed by atoms with van der Waals surface area (Å²) < 4.78 is 11.5. The van der Waals surface area contributed by atoms with Crippen LogP contribution in [0.25, 0.3) is 0 Å². The average molecular weight is 438 g/mol. The first kappa shape index (κ1) is 22.1. The molecule has 2 aliphatic rings. The predicted octanol–water partition coefficient (Wildman–Crippen LogP) is 2.06. The Hall–Kier alpha value is -3.13. The number of nitrogens with one attached hydrogen (secondary N) is 1. The minimum Gasteiger partial charge on any atom is -0.473 e. The number of nitrogens with zero attached hydrogens (tertiary/aromatic N) is 4. The fraction of sp³-hybridized carbons (Fsp3) is 0.458. The van der Waals surface area contributed by atoms with Crippen molar-refractivity contribution in [3.8, 4) is 5.88 Å². The average Bonchev–Trinajstić information content (AvgIpc) is 3.39. The van der Waals surface area contributed by atoms with Crippen LogP contribution in [0.4, 0.5) is 0 Å².